The smallest absolute Gasteiger partial charge is 0.178 e. The lowest BCUT2D eigenvalue weighted by atomic mass is 10.1. The van der Waals surface area contributed by atoms with Crippen molar-refractivity contribution in [2.75, 3.05) is 0 Å². The van der Waals surface area contributed by atoms with E-state index in [0.29, 0.717) is 10.5 Å². The quantitative estimate of drug-likeness (QED) is 0.804. The van der Waals surface area contributed by atoms with Crippen LogP contribution >= 0.6 is 0 Å². The van der Waals surface area contributed by atoms with E-state index < -0.39 is 21.9 Å². The predicted molar refractivity (Wildman–Crippen MR) is 73.0 cm³/mol. The van der Waals surface area contributed by atoms with Crippen molar-refractivity contribution in [2.45, 2.75) is 17.1 Å². The minimum atomic E-state index is -1.56. The lowest BCUT2D eigenvalue weighted by molar-refractivity contribution is 0.0992. The van der Waals surface area contributed by atoms with E-state index in [1.807, 2.05) is 6.07 Å². The minimum absolute atomic E-state index is 0.205. The van der Waals surface area contributed by atoms with Crippen LogP contribution in [0.5, 0.6) is 0 Å². The van der Waals surface area contributed by atoms with Crippen molar-refractivity contribution in [1.82, 2.24) is 0 Å². The van der Waals surface area contributed by atoms with Gasteiger partial charge in [0.15, 0.2) is 5.78 Å². The fraction of sp³-hybridized carbons (Fsp3) is 0.133. The van der Waals surface area contributed by atoms with Crippen LogP contribution in [0, 0.1) is 5.82 Å². The summed E-state index contributed by atoms with van der Waals surface area (Å²) in [6.45, 7) is 1.59. The number of rotatable bonds is 4. The van der Waals surface area contributed by atoms with Gasteiger partial charge in [-0.1, -0.05) is 36.4 Å². The van der Waals surface area contributed by atoms with Crippen molar-refractivity contribution in [2.24, 2.45) is 0 Å². The number of hydrogen-bond acceptors (Lipinski definition) is 2. The van der Waals surface area contributed by atoms with Crippen molar-refractivity contribution in [3.8, 4) is 0 Å². The van der Waals surface area contributed by atoms with Crippen molar-refractivity contribution >= 4 is 16.6 Å². The Hall–Kier alpha value is -1.81. The van der Waals surface area contributed by atoms with Crippen LogP contribution in [0.3, 0.4) is 0 Å². The van der Waals surface area contributed by atoms with Crippen LogP contribution in [0.4, 0.5) is 4.39 Å². The third kappa shape index (κ3) is 3.15. The van der Waals surface area contributed by atoms with E-state index in [1.165, 1.54) is 18.2 Å². The first-order chi connectivity index (χ1) is 9.09. The molecule has 0 saturated carbocycles. The summed E-state index contributed by atoms with van der Waals surface area (Å²) in [4.78, 5) is 12.5. The van der Waals surface area contributed by atoms with E-state index in [-0.39, 0.29) is 5.78 Å². The normalized spacial score (nSPS) is 13.8. The minimum Gasteiger partial charge on any atom is -0.293 e. The Kier molecular flexibility index (Phi) is 4.22. The SMILES string of the molecule is CC(C(=O)c1ccccc1)S(=O)c1cccc(F)c1. The topological polar surface area (TPSA) is 34.1 Å². The average molecular weight is 276 g/mol. The molecule has 0 aliphatic heterocycles. The molecule has 2 rings (SSSR count). The highest BCUT2D eigenvalue weighted by Gasteiger charge is 2.22. The third-order valence-electron chi connectivity index (χ3n) is 2.78. The highest BCUT2D eigenvalue weighted by molar-refractivity contribution is 7.86. The maximum atomic E-state index is 13.1. The molecule has 2 atom stereocenters. The molecule has 0 bridgehead atoms. The van der Waals surface area contributed by atoms with E-state index >= 15 is 0 Å². The van der Waals surface area contributed by atoms with Gasteiger partial charge >= 0.3 is 0 Å². The summed E-state index contributed by atoms with van der Waals surface area (Å²) in [6, 6.07) is 14.2. The van der Waals surface area contributed by atoms with Crippen LogP contribution in [-0.4, -0.2) is 15.2 Å². The van der Waals surface area contributed by atoms with Crippen LogP contribution < -0.4 is 0 Å². The van der Waals surface area contributed by atoms with Gasteiger partial charge in [0.1, 0.15) is 5.82 Å². The summed E-state index contributed by atoms with van der Waals surface area (Å²) >= 11 is 0. The van der Waals surface area contributed by atoms with Crippen molar-refractivity contribution in [3.05, 3.63) is 66.0 Å². The number of halogens is 1. The van der Waals surface area contributed by atoms with Gasteiger partial charge < -0.3 is 0 Å². The molecule has 0 aliphatic carbocycles. The van der Waals surface area contributed by atoms with E-state index in [0.717, 1.165) is 0 Å². The Bertz CT molecular complexity index is 611. The van der Waals surface area contributed by atoms with Crippen LogP contribution in [0.15, 0.2) is 59.5 Å². The van der Waals surface area contributed by atoms with Gasteiger partial charge in [-0.05, 0) is 25.1 Å². The maximum absolute atomic E-state index is 13.1. The largest absolute Gasteiger partial charge is 0.293 e. The average Bonchev–Trinajstić information content (AvgIpc) is 2.46. The van der Waals surface area contributed by atoms with Crippen LogP contribution in [0.25, 0.3) is 0 Å². The predicted octanol–water partition coefficient (Wildman–Crippen LogP) is 3.20. The molecule has 0 spiro atoms. The lowest BCUT2D eigenvalue weighted by Gasteiger charge is -2.10. The molecule has 0 N–H and O–H groups in total. The van der Waals surface area contributed by atoms with Gasteiger partial charge in [0.05, 0.1) is 16.0 Å². The van der Waals surface area contributed by atoms with Gasteiger partial charge in [-0.15, -0.1) is 0 Å². The summed E-state index contributed by atoms with van der Waals surface area (Å²) in [7, 11) is -1.56. The highest BCUT2D eigenvalue weighted by atomic mass is 32.2. The van der Waals surface area contributed by atoms with E-state index in [2.05, 4.69) is 0 Å². The lowest BCUT2D eigenvalue weighted by Crippen LogP contribution is -2.22. The summed E-state index contributed by atoms with van der Waals surface area (Å²) in [6.07, 6.45) is 0. The zero-order valence-corrected chi connectivity index (χ0v) is 11.2. The molecular weight excluding hydrogens is 263 g/mol. The van der Waals surface area contributed by atoms with Crippen LogP contribution in [0.1, 0.15) is 17.3 Å². The first kappa shape index (κ1) is 13.6. The number of Topliss-reactive ketones (excluding diaryl/α,β-unsaturated/α-hetero) is 1. The van der Waals surface area contributed by atoms with Gasteiger partial charge in [-0.2, -0.15) is 0 Å². The van der Waals surface area contributed by atoms with Gasteiger partial charge in [0.25, 0.3) is 0 Å². The van der Waals surface area contributed by atoms with Gasteiger partial charge in [0.2, 0.25) is 0 Å². The van der Waals surface area contributed by atoms with Gasteiger partial charge in [-0.25, -0.2) is 4.39 Å². The molecule has 2 unspecified atom stereocenters. The Morgan fingerprint density at radius 2 is 1.79 bits per heavy atom. The zero-order valence-electron chi connectivity index (χ0n) is 10.4. The molecule has 0 radical (unpaired) electrons. The Labute approximate surface area is 113 Å². The number of ketones is 1. The second-order valence-electron chi connectivity index (χ2n) is 4.13. The molecule has 0 saturated heterocycles. The molecular formula is C15H13FO2S. The zero-order chi connectivity index (χ0) is 13.8. The molecule has 2 nitrogen and oxygen atoms in total. The van der Waals surface area contributed by atoms with Crippen LogP contribution in [0.2, 0.25) is 0 Å². The summed E-state index contributed by atoms with van der Waals surface area (Å²) in [5.41, 5.74) is 0.514. The van der Waals surface area contributed by atoms with Crippen LogP contribution in [-0.2, 0) is 10.8 Å². The molecule has 0 aromatic heterocycles. The second-order valence-corrected chi connectivity index (χ2v) is 5.90. The fourth-order valence-corrected chi connectivity index (χ4v) is 2.91. The maximum Gasteiger partial charge on any atom is 0.178 e. The van der Waals surface area contributed by atoms with Gasteiger partial charge in [0, 0.05) is 10.5 Å². The summed E-state index contributed by atoms with van der Waals surface area (Å²) in [5.74, 6) is -0.659. The Balaban J connectivity index is 2.23. The Morgan fingerprint density at radius 1 is 1.11 bits per heavy atom. The van der Waals surface area contributed by atoms with Crippen molar-refractivity contribution < 1.29 is 13.4 Å². The van der Waals surface area contributed by atoms with E-state index in [1.54, 1.807) is 37.3 Å². The number of hydrogen-bond donors (Lipinski definition) is 0. The fourth-order valence-electron chi connectivity index (χ4n) is 1.73. The highest BCUT2D eigenvalue weighted by Crippen LogP contribution is 2.16. The summed E-state index contributed by atoms with van der Waals surface area (Å²) in [5, 5.41) is -0.704. The number of carbonyl (C=O) groups is 1. The molecule has 2 aromatic rings. The van der Waals surface area contributed by atoms with Crippen molar-refractivity contribution in [3.63, 3.8) is 0 Å². The third-order valence-corrected chi connectivity index (χ3v) is 4.35. The molecule has 0 amide bonds. The monoisotopic (exact) mass is 276 g/mol. The first-order valence-electron chi connectivity index (χ1n) is 5.85. The molecule has 98 valence electrons. The second kappa shape index (κ2) is 5.89. The molecule has 2 aromatic carbocycles. The molecule has 0 aliphatic rings. The van der Waals surface area contributed by atoms with Gasteiger partial charge in [-0.3, -0.25) is 9.00 Å². The van der Waals surface area contributed by atoms with E-state index in [9.17, 15) is 13.4 Å². The Morgan fingerprint density at radius 3 is 2.42 bits per heavy atom. The first-order valence-corrected chi connectivity index (χ1v) is 7.06. The number of carbonyl (C=O) groups excluding carboxylic acids is 1. The van der Waals surface area contributed by atoms with Crippen molar-refractivity contribution in [1.29, 1.82) is 0 Å². The number of benzene rings is 2. The van der Waals surface area contributed by atoms with E-state index in [4.69, 9.17) is 0 Å². The molecule has 0 fully saturated rings. The summed E-state index contributed by atoms with van der Waals surface area (Å²) < 4.78 is 25.3. The standard InChI is InChI=1S/C15H13FO2S/c1-11(15(17)12-6-3-2-4-7-12)19(18)14-9-5-8-13(16)10-14/h2-11H,1H3. The molecule has 19 heavy (non-hydrogen) atoms. The molecule has 4 heteroatoms. The molecule has 0 heterocycles.